The van der Waals surface area contributed by atoms with E-state index in [1.807, 2.05) is 0 Å². The van der Waals surface area contributed by atoms with Gasteiger partial charge in [0.2, 0.25) is 0 Å². The molecule has 80 heavy (non-hydrogen) atoms. The molecule has 0 fully saturated rings. The second-order valence-electron chi connectivity index (χ2n) is 25.0. The molecular weight excluding hydrogens is 961 g/mol. The third-order valence-electron chi connectivity index (χ3n) is 19.0. The van der Waals surface area contributed by atoms with Gasteiger partial charge in [0.15, 0.2) is 0 Å². The van der Waals surface area contributed by atoms with Crippen molar-refractivity contribution >= 4 is 43.1 Å². The number of rotatable bonds is 3. The Hall–Kier alpha value is -9.10. The molecule has 0 atom stereocenters. The zero-order valence-electron chi connectivity index (χ0n) is 46.5. The van der Waals surface area contributed by atoms with E-state index in [1.165, 1.54) is 171 Å². The summed E-state index contributed by atoms with van der Waals surface area (Å²) in [5, 5.41) is 10.8. The van der Waals surface area contributed by atoms with E-state index in [1.54, 1.807) is 0 Å². The fourth-order valence-electron chi connectivity index (χ4n) is 15.1. The van der Waals surface area contributed by atoms with Crippen LogP contribution < -0.4 is 0 Å². The second kappa shape index (κ2) is 16.7. The van der Waals surface area contributed by atoms with Crippen molar-refractivity contribution in [3.8, 4) is 100 Å². The topological polar surface area (TPSA) is 0 Å². The van der Waals surface area contributed by atoms with Gasteiger partial charge in [-0.1, -0.05) is 267 Å². The Kier molecular flexibility index (Phi) is 9.81. The highest BCUT2D eigenvalue weighted by Crippen LogP contribution is 2.58. The maximum absolute atomic E-state index is 2.48. The predicted molar refractivity (Wildman–Crippen MR) is 342 cm³/mol. The van der Waals surface area contributed by atoms with Gasteiger partial charge in [-0.25, -0.2) is 0 Å². The van der Waals surface area contributed by atoms with Crippen molar-refractivity contribution in [3.63, 3.8) is 0 Å². The molecule has 0 heterocycles. The zero-order valence-corrected chi connectivity index (χ0v) is 46.5. The molecule has 4 aliphatic carbocycles. The van der Waals surface area contributed by atoms with Crippen LogP contribution in [0.4, 0.5) is 0 Å². The van der Waals surface area contributed by atoms with Gasteiger partial charge in [0.25, 0.3) is 0 Å². The maximum atomic E-state index is 2.48. The number of hydrogen-bond acceptors (Lipinski definition) is 0. The van der Waals surface area contributed by atoms with E-state index < -0.39 is 0 Å². The standard InChI is InChI=1S/C45H36.C35H24/c1-44(2,3)30-21-17-27(18-22-30)28-19-24-36-38(25-28)35-14-10-15-37-41(33-12-6-7-13-34(33)42(36)43(35)37)29-20-23-32-31-11-8-9-16-39(31)45(4,5)40(32)26-29;1-35(2)30-17-8-7-11-23(30)24-19-18-21(20-31(24)35)32-27-13-5-6-14-28(27)33-25-12-4-3-10-22(25)26-15-9-16-29(32)34(26)33/h6-26H,1-5H3;3-20H,1-2H3. The van der Waals surface area contributed by atoms with Gasteiger partial charge in [0.05, 0.1) is 0 Å². The average Bonchev–Trinajstić information content (AvgIpc) is 4.16. The lowest BCUT2D eigenvalue weighted by molar-refractivity contribution is 0.590. The minimum absolute atomic E-state index is 0.0111. The summed E-state index contributed by atoms with van der Waals surface area (Å²) in [5.74, 6) is 0. The zero-order chi connectivity index (χ0) is 54.0. The van der Waals surface area contributed by atoms with Crippen LogP contribution in [0.2, 0.25) is 0 Å². The normalized spacial score (nSPS) is 14.1. The highest BCUT2D eigenvalue weighted by Gasteiger charge is 2.38. The van der Waals surface area contributed by atoms with Crippen LogP contribution in [0.3, 0.4) is 0 Å². The molecule has 4 aliphatic rings. The molecule has 0 N–H and O–H groups in total. The van der Waals surface area contributed by atoms with Crippen LogP contribution in [-0.2, 0) is 16.2 Å². The van der Waals surface area contributed by atoms with Crippen LogP contribution in [0, 0.1) is 0 Å². The van der Waals surface area contributed by atoms with E-state index >= 15 is 0 Å². The summed E-state index contributed by atoms with van der Waals surface area (Å²) in [6.07, 6.45) is 0. The first kappa shape index (κ1) is 46.9. The predicted octanol–water partition coefficient (Wildman–Crippen LogP) is 22.2. The Morgan fingerprint density at radius 3 is 1.09 bits per heavy atom. The van der Waals surface area contributed by atoms with Crippen molar-refractivity contribution in [3.05, 3.63) is 264 Å². The van der Waals surface area contributed by atoms with Crippen molar-refractivity contribution in [2.75, 3.05) is 0 Å². The Balaban J connectivity index is 0.000000137. The smallest absolute Gasteiger partial charge is 0.0159 e. The number of fused-ring (bicyclic) bond motifs is 16. The summed E-state index contributed by atoms with van der Waals surface area (Å²) in [6, 6.07) is 89.1. The molecule has 0 aromatic heterocycles. The SMILES string of the molecule is CC(C)(C)c1ccc(-c2ccc3c(c2)-c2cccc4c(-c5ccc6c(c5)C(C)(C)c5ccccc5-6)c5ccccc5c-3c24)cc1.CC1(C)c2ccccc2-c2ccc(-c3c4ccccc4c4c5c(cccc35)-c3ccccc3-4)cc21. The molecule has 0 spiro atoms. The van der Waals surface area contributed by atoms with E-state index in [4.69, 9.17) is 0 Å². The molecule has 0 saturated heterocycles. The van der Waals surface area contributed by atoms with Crippen molar-refractivity contribution in [1.82, 2.24) is 0 Å². The lowest BCUT2D eigenvalue weighted by atomic mass is 9.80. The molecule has 0 saturated carbocycles. The van der Waals surface area contributed by atoms with Crippen LogP contribution in [0.5, 0.6) is 0 Å². The lowest BCUT2D eigenvalue weighted by Gasteiger charge is -2.22. The Morgan fingerprint density at radius 2 is 0.588 bits per heavy atom. The summed E-state index contributed by atoms with van der Waals surface area (Å²) in [7, 11) is 0. The van der Waals surface area contributed by atoms with Gasteiger partial charge in [-0.2, -0.15) is 0 Å². The van der Waals surface area contributed by atoms with Gasteiger partial charge in [-0.05, 0) is 195 Å². The summed E-state index contributed by atoms with van der Waals surface area (Å²) < 4.78 is 0. The molecule has 0 bridgehead atoms. The van der Waals surface area contributed by atoms with Crippen LogP contribution in [0.1, 0.15) is 76.3 Å². The quantitative estimate of drug-likeness (QED) is 0.155. The molecule has 13 aromatic carbocycles. The molecule has 17 rings (SSSR count). The fraction of sp³-hybridized carbons (Fsp3) is 0.125. The minimum atomic E-state index is -0.0374. The fourth-order valence-corrected chi connectivity index (χ4v) is 15.1. The largest absolute Gasteiger partial charge is 0.0619 e. The third kappa shape index (κ3) is 6.51. The summed E-state index contributed by atoms with van der Waals surface area (Å²) >= 11 is 0. The Bertz CT molecular complexity index is 4830. The van der Waals surface area contributed by atoms with E-state index in [9.17, 15) is 0 Å². The van der Waals surface area contributed by atoms with Gasteiger partial charge in [0.1, 0.15) is 0 Å². The third-order valence-corrected chi connectivity index (χ3v) is 19.0. The van der Waals surface area contributed by atoms with E-state index in [-0.39, 0.29) is 16.2 Å². The minimum Gasteiger partial charge on any atom is -0.0619 e. The van der Waals surface area contributed by atoms with Gasteiger partial charge in [-0.15, -0.1) is 0 Å². The van der Waals surface area contributed by atoms with Crippen LogP contribution in [0.15, 0.2) is 237 Å². The van der Waals surface area contributed by atoms with E-state index in [0.29, 0.717) is 0 Å². The molecule has 0 amide bonds. The monoisotopic (exact) mass is 1020 g/mol. The van der Waals surface area contributed by atoms with Gasteiger partial charge in [0, 0.05) is 10.8 Å². The number of hydrogen-bond donors (Lipinski definition) is 0. The van der Waals surface area contributed by atoms with Crippen molar-refractivity contribution in [2.24, 2.45) is 0 Å². The van der Waals surface area contributed by atoms with E-state index in [0.717, 1.165) is 0 Å². The molecule has 0 aliphatic heterocycles. The highest BCUT2D eigenvalue weighted by molar-refractivity contribution is 6.30. The average molecular weight is 1020 g/mol. The number of benzene rings is 13. The second-order valence-corrected chi connectivity index (χ2v) is 25.0. The first-order valence-electron chi connectivity index (χ1n) is 28.7. The lowest BCUT2D eigenvalue weighted by Crippen LogP contribution is -2.14. The molecule has 0 nitrogen and oxygen atoms in total. The summed E-state index contributed by atoms with van der Waals surface area (Å²) in [5.41, 5.74) is 31.3. The van der Waals surface area contributed by atoms with Crippen LogP contribution in [0.25, 0.3) is 143 Å². The maximum Gasteiger partial charge on any atom is 0.0159 e. The van der Waals surface area contributed by atoms with Crippen LogP contribution >= 0.6 is 0 Å². The van der Waals surface area contributed by atoms with Crippen molar-refractivity contribution in [1.29, 1.82) is 0 Å². The Morgan fingerprint density at radius 1 is 0.237 bits per heavy atom. The molecular formula is C80H60. The molecule has 13 aromatic rings. The summed E-state index contributed by atoms with van der Waals surface area (Å²) in [4.78, 5) is 0. The first-order valence-corrected chi connectivity index (χ1v) is 28.7. The molecule has 380 valence electrons. The summed E-state index contributed by atoms with van der Waals surface area (Å²) in [6.45, 7) is 16.3. The first-order chi connectivity index (χ1) is 38.9. The van der Waals surface area contributed by atoms with Crippen molar-refractivity contribution in [2.45, 2.75) is 64.7 Å². The van der Waals surface area contributed by atoms with Gasteiger partial charge >= 0.3 is 0 Å². The van der Waals surface area contributed by atoms with Gasteiger partial charge in [-0.3, -0.25) is 0 Å². The molecule has 0 unspecified atom stereocenters. The van der Waals surface area contributed by atoms with E-state index in [2.05, 4.69) is 285 Å². The van der Waals surface area contributed by atoms with Crippen molar-refractivity contribution < 1.29 is 0 Å². The molecule has 0 radical (unpaired) electrons. The molecule has 0 heteroatoms. The van der Waals surface area contributed by atoms with Crippen LogP contribution in [-0.4, -0.2) is 0 Å². The highest BCUT2D eigenvalue weighted by atomic mass is 14.4. The Labute approximate surface area is 469 Å². The van der Waals surface area contributed by atoms with Gasteiger partial charge < -0.3 is 0 Å².